The number of benzene rings is 2. The number of halogens is 1. The molecule has 7 heteroatoms. The van der Waals surface area contributed by atoms with E-state index in [-0.39, 0.29) is 11.8 Å². The van der Waals surface area contributed by atoms with E-state index in [1.165, 1.54) is 0 Å². The number of anilines is 1. The van der Waals surface area contributed by atoms with Crippen LogP contribution in [0, 0.1) is 0 Å². The second kappa shape index (κ2) is 7.56. The summed E-state index contributed by atoms with van der Waals surface area (Å²) in [4.78, 5) is 12.4. The molecule has 1 atom stereocenters. The molecule has 3 aromatic rings. The Morgan fingerprint density at radius 2 is 1.96 bits per heavy atom. The quantitative estimate of drug-likeness (QED) is 0.704. The lowest BCUT2D eigenvalue weighted by atomic mass is 9.87. The number of ether oxygens (including phenoxy) is 2. The molecule has 0 unspecified atom stereocenters. The number of methoxy groups -OCH3 is 2. The van der Waals surface area contributed by atoms with E-state index < -0.39 is 0 Å². The Bertz CT molecular complexity index is 1030. The molecule has 0 aliphatic carbocycles. The fraction of sp³-hybridized carbons (Fsp3) is 0.238. The maximum Gasteiger partial charge on any atom is 0.226 e. The minimum atomic E-state index is -0.108. The molecular weight excluding hydrogens is 378 g/mol. The van der Waals surface area contributed by atoms with Gasteiger partial charge in [0.15, 0.2) is 11.5 Å². The topological polar surface area (TPSA) is 65.4 Å². The third-order valence-electron chi connectivity index (χ3n) is 4.98. The van der Waals surface area contributed by atoms with Crippen LogP contribution in [0.3, 0.4) is 0 Å². The van der Waals surface area contributed by atoms with Gasteiger partial charge in [-0.15, -0.1) is 0 Å². The molecule has 144 valence electrons. The fourth-order valence-corrected chi connectivity index (χ4v) is 3.74. The summed E-state index contributed by atoms with van der Waals surface area (Å²) in [6.45, 7) is 0.480. The zero-order valence-electron chi connectivity index (χ0n) is 15.6. The Hall–Kier alpha value is -2.99. The molecule has 4 rings (SSSR count). The molecular formula is C21H20ClN3O3. The van der Waals surface area contributed by atoms with E-state index in [4.69, 9.17) is 21.1 Å². The number of aromatic nitrogens is 2. The number of hydrogen-bond donors (Lipinski definition) is 1. The molecule has 0 fully saturated rings. The lowest BCUT2D eigenvalue weighted by Crippen LogP contribution is -2.25. The van der Waals surface area contributed by atoms with Crippen molar-refractivity contribution in [1.29, 1.82) is 0 Å². The minimum absolute atomic E-state index is 0.0480. The number of nitrogens with one attached hydrogen (secondary N) is 1. The van der Waals surface area contributed by atoms with Crippen LogP contribution in [0.5, 0.6) is 11.5 Å². The predicted octanol–water partition coefficient (Wildman–Crippen LogP) is 4.08. The molecule has 1 aromatic heterocycles. The highest BCUT2D eigenvalue weighted by molar-refractivity contribution is 6.31. The molecule has 0 saturated heterocycles. The van der Waals surface area contributed by atoms with Gasteiger partial charge < -0.3 is 14.8 Å². The highest BCUT2D eigenvalue weighted by atomic mass is 35.5. The second-order valence-electron chi connectivity index (χ2n) is 6.62. The Balaban J connectivity index is 1.72. The Morgan fingerprint density at radius 3 is 2.71 bits per heavy atom. The maximum atomic E-state index is 12.4. The maximum absolute atomic E-state index is 12.4. The predicted molar refractivity (Wildman–Crippen MR) is 107 cm³/mol. The molecule has 1 N–H and O–H groups in total. The van der Waals surface area contributed by atoms with Gasteiger partial charge in [0, 0.05) is 22.9 Å². The van der Waals surface area contributed by atoms with Gasteiger partial charge in [-0.25, -0.2) is 4.68 Å². The van der Waals surface area contributed by atoms with E-state index in [0.717, 1.165) is 16.7 Å². The minimum Gasteiger partial charge on any atom is -0.493 e. The van der Waals surface area contributed by atoms with Gasteiger partial charge in [0.25, 0.3) is 0 Å². The molecule has 0 radical (unpaired) electrons. The fourth-order valence-electron chi connectivity index (χ4n) is 3.54. The molecule has 2 heterocycles. The van der Waals surface area contributed by atoms with E-state index in [9.17, 15) is 4.79 Å². The summed E-state index contributed by atoms with van der Waals surface area (Å²) in [5, 5.41) is 8.14. The number of carbonyl (C=O) groups excluding carboxylic acids is 1. The van der Waals surface area contributed by atoms with Crippen molar-refractivity contribution in [2.45, 2.75) is 18.9 Å². The molecule has 6 nitrogen and oxygen atoms in total. The first kappa shape index (κ1) is 18.4. The van der Waals surface area contributed by atoms with Crippen molar-refractivity contribution in [3.05, 3.63) is 70.4 Å². The zero-order valence-corrected chi connectivity index (χ0v) is 16.4. The first-order chi connectivity index (χ1) is 13.6. The third-order valence-corrected chi connectivity index (χ3v) is 5.35. The van der Waals surface area contributed by atoms with Crippen LogP contribution in [0.15, 0.2) is 48.7 Å². The van der Waals surface area contributed by atoms with Crippen molar-refractivity contribution in [1.82, 2.24) is 9.78 Å². The Labute approximate surface area is 168 Å². The van der Waals surface area contributed by atoms with Crippen LogP contribution in [0.1, 0.15) is 29.0 Å². The molecule has 1 amide bonds. The molecule has 0 saturated carbocycles. The summed E-state index contributed by atoms with van der Waals surface area (Å²) < 4.78 is 12.5. The van der Waals surface area contributed by atoms with Gasteiger partial charge in [-0.05, 0) is 29.3 Å². The van der Waals surface area contributed by atoms with E-state index in [1.807, 2.05) is 48.7 Å². The molecule has 28 heavy (non-hydrogen) atoms. The van der Waals surface area contributed by atoms with Gasteiger partial charge in [0.2, 0.25) is 5.91 Å². The van der Waals surface area contributed by atoms with Gasteiger partial charge in [0.1, 0.15) is 5.82 Å². The van der Waals surface area contributed by atoms with E-state index in [1.54, 1.807) is 18.9 Å². The highest BCUT2D eigenvalue weighted by Crippen LogP contribution is 2.40. The largest absolute Gasteiger partial charge is 0.493 e. The first-order valence-corrected chi connectivity index (χ1v) is 9.29. The lowest BCUT2D eigenvalue weighted by Gasteiger charge is -2.24. The van der Waals surface area contributed by atoms with Crippen LogP contribution in [-0.4, -0.2) is 29.9 Å². The van der Waals surface area contributed by atoms with Crippen LogP contribution >= 0.6 is 11.6 Å². The number of nitrogens with zero attached hydrogens (tertiary/aromatic N) is 2. The van der Waals surface area contributed by atoms with E-state index >= 15 is 0 Å². The second-order valence-corrected chi connectivity index (χ2v) is 7.02. The van der Waals surface area contributed by atoms with Crippen LogP contribution in [0.4, 0.5) is 5.82 Å². The number of amides is 1. The normalized spacial score (nSPS) is 15.7. The van der Waals surface area contributed by atoms with Crippen molar-refractivity contribution < 1.29 is 14.3 Å². The Kier molecular flexibility index (Phi) is 4.96. The first-order valence-electron chi connectivity index (χ1n) is 8.91. The van der Waals surface area contributed by atoms with E-state index in [2.05, 4.69) is 10.4 Å². The SMILES string of the molecule is COc1ccc([C@H]2CC(=O)Nc3c2cnn3Cc2ccccc2Cl)cc1OC. The Morgan fingerprint density at radius 1 is 1.18 bits per heavy atom. The summed E-state index contributed by atoms with van der Waals surface area (Å²) in [6, 6.07) is 13.3. The van der Waals surface area contributed by atoms with Gasteiger partial charge in [-0.2, -0.15) is 5.10 Å². The van der Waals surface area contributed by atoms with Gasteiger partial charge in [-0.3, -0.25) is 4.79 Å². The smallest absolute Gasteiger partial charge is 0.226 e. The highest BCUT2D eigenvalue weighted by Gasteiger charge is 2.30. The van der Waals surface area contributed by atoms with Crippen LogP contribution in [-0.2, 0) is 11.3 Å². The third kappa shape index (κ3) is 3.31. The van der Waals surface area contributed by atoms with Crippen molar-refractivity contribution in [3.63, 3.8) is 0 Å². The summed E-state index contributed by atoms with van der Waals surface area (Å²) in [5.74, 6) is 1.84. The molecule has 1 aliphatic heterocycles. The van der Waals surface area contributed by atoms with Crippen LogP contribution in [0.25, 0.3) is 0 Å². The van der Waals surface area contributed by atoms with Crippen LogP contribution < -0.4 is 14.8 Å². The molecule has 1 aliphatic rings. The van der Waals surface area contributed by atoms with Crippen molar-refractivity contribution in [2.75, 3.05) is 19.5 Å². The number of hydrogen-bond acceptors (Lipinski definition) is 4. The molecule has 0 spiro atoms. The zero-order chi connectivity index (χ0) is 19.7. The molecule has 2 aromatic carbocycles. The van der Waals surface area contributed by atoms with E-state index in [0.29, 0.717) is 35.3 Å². The van der Waals surface area contributed by atoms with Crippen molar-refractivity contribution in [2.24, 2.45) is 0 Å². The number of fused-ring (bicyclic) bond motifs is 1. The van der Waals surface area contributed by atoms with Crippen molar-refractivity contribution >= 4 is 23.3 Å². The van der Waals surface area contributed by atoms with Gasteiger partial charge in [0.05, 0.1) is 27.0 Å². The number of rotatable bonds is 5. The number of carbonyl (C=O) groups is 1. The standard InChI is InChI=1S/C21H20ClN3O3/c1-27-18-8-7-13(9-19(18)28-2)15-10-20(26)24-21-16(15)11-23-25(21)12-14-5-3-4-6-17(14)22/h3-9,11,15H,10,12H2,1-2H3,(H,24,26)/t15-/m1/s1. The van der Waals surface area contributed by atoms with Gasteiger partial charge >= 0.3 is 0 Å². The van der Waals surface area contributed by atoms with Crippen molar-refractivity contribution in [3.8, 4) is 11.5 Å². The summed E-state index contributed by atoms with van der Waals surface area (Å²) in [7, 11) is 3.20. The monoisotopic (exact) mass is 397 g/mol. The van der Waals surface area contributed by atoms with Gasteiger partial charge in [-0.1, -0.05) is 35.9 Å². The average Bonchev–Trinajstić information content (AvgIpc) is 3.11. The lowest BCUT2D eigenvalue weighted by molar-refractivity contribution is -0.116. The van der Waals surface area contributed by atoms with Crippen LogP contribution in [0.2, 0.25) is 5.02 Å². The summed E-state index contributed by atoms with van der Waals surface area (Å²) in [6.07, 6.45) is 2.16. The summed E-state index contributed by atoms with van der Waals surface area (Å²) in [5.41, 5.74) is 2.89. The average molecular weight is 398 g/mol. The summed E-state index contributed by atoms with van der Waals surface area (Å²) >= 11 is 6.29. The molecule has 0 bridgehead atoms.